The Hall–Kier alpha value is -1.13. The first-order valence-corrected chi connectivity index (χ1v) is 8.04. The van der Waals surface area contributed by atoms with Gasteiger partial charge in [0.25, 0.3) is 0 Å². The fourth-order valence-electron chi connectivity index (χ4n) is 2.71. The molecule has 1 N–H and O–H groups in total. The maximum absolute atomic E-state index is 5.73. The number of piperidine rings is 1. The summed E-state index contributed by atoms with van der Waals surface area (Å²) in [5.41, 5.74) is 2.72. The van der Waals surface area contributed by atoms with Gasteiger partial charge in [-0.05, 0) is 52.2 Å². The van der Waals surface area contributed by atoms with Crippen LogP contribution in [0.4, 0.5) is 5.69 Å². The highest BCUT2D eigenvalue weighted by atomic mass is 16.5. The van der Waals surface area contributed by atoms with Gasteiger partial charge in [-0.3, -0.25) is 4.98 Å². The summed E-state index contributed by atoms with van der Waals surface area (Å²) in [6, 6.07) is 2.13. The number of rotatable bonds is 5. The summed E-state index contributed by atoms with van der Waals surface area (Å²) in [6.45, 7) is 12.5. The molecule has 0 saturated carbocycles. The van der Waals surface area contributed by atoms with Crippen LogP contribution in [0.1, 0.15) is 46.1 Å². The van der Waals surface area contributed by atoms with Gasteiger partial charge in [0.05, 0.1) is 18.0 Å². The van der Waals surface area contributed by atoms with Crippen LogP contribution in [-0.2, 0) is 11.3 Å². The van der Waals surface area contributed by atoms with Gasteiger partial charge in [0.15, 0.2) is 0 Å². The summed E-state index contributed by atoms with van der Waals surface area (Å²) in [6.07, 6.45) is 6.53. The van der Waals surface area contributed by atoms with Crippen LogP contribution in [0.2, 0.25) is 0 Å². The predicted molar refractivity (Wildman–Crippen MR) is 87.7 cm³/mol. The highest BCUT2D eigenvalue weighted by Gasteiger charge is 2.21. The van der Waals surface area contributed by atoms with Crippen LogP contribution in [0.3, 0.4) is 0 Å². The molecule has 0 unspecified atom stereocenters. The second kappa shape index (κ2) is 7.23. The number of ether oxygens (including phenoxy) is 1. The zero-order valence-corrected chi connectivity index (χ0v) is 13.9. The Bertz CT molecular complexity index is 434. The molecule has 1 saturated heterocycles. The van der Waals surface area contributed by atoms with E-state index in [1.54, 1.807) is 0 Å². The third-order valence-corrected chi connectivity index (χ3v) is 3.88. The standard InChI is InChI=1S/C17H29N3O/c1-5-21-15-7-10-20(11-8-15)16-13-18-9-6-14(16)12-19-17(2,3)4/h6,9,13,15,19H,5,7-8,10-12H2,1-4H3. The second-order valence-corrected chi connectivity index (χ2v) is 6.75. The Morgan fingerprint density at radius 2 is 2.05 bits per heavy atom. The van der Waals surface area contributed by atoms with Crippen LogP contribution in [-0.4, -0.2) is 36.3 Å². The Labute approximate surface area is 128 Å². The molecule has 0 atom stereocenters. The lowest BCUT2D eigenvalue weighted by Gasteiger charge is -2.34. The fraction of sp³-hybridized carbons (Fsp3) is 0.706. The van der Waals surface area contributed by atoms with Crippen LogP contribution in [0.15, 0.2) is 18.5 Å². The minimum Gasteiger partial charge on any atom is -0.378 e. The van der Waals surface area contributed by atoms with Crippen molar-refractivity contribution in [3.8, 4) is 0 Å². The van der Waals surface area contributed by atoms with Crippen LogP contribution in [0, 0.1) is 0 Å². The summed E-state index contributed by atoms with van der Waals surface area (Å²) in [7, 11) is 0. The lowest BCUT2D eigenvalue weighted by atomic mass is 10.0. The maximum atomic E-state index is 5.73. The number of anilines is 1. The lowest BCUT2D eigenvalue weighted by molar-refractivity contribution is 0.0459. The minimum absolute atomic E-state index is 0.127. The Morgan fingerprint density at radius 1 is 1.33 bits per heavy atom. The smallest absolute Gasteiger partial charge is 0.0608 e. The average molecular weight is 291 g/mol. The van der Waals surface area contributed by atoms with Gasteiger partial charge < -0.3 is 15.0 Å². The monoisotopic (exact) mass is 291 g/mol. The molecule has 4 heteroatoms. The topological polar surface area (TPSA) is 37.4 Å². The Morgan fingerprint density at radius 3 is 2.67 bits per heavy atom. The van der Waals surface area contributed by atoms with Gasteiger partial charge in [-0.1, -0.05) is 0 Å². The third-order valence-electron chi connectivity index (χ3n) is 3.88. The van der Waals surface area contributed by atoms with E-state index < -0.39 is 0 Å². The zero-order chi connectivity index (χ0) is 15.3. The highest BCUT2D eigenvalue weighted by molar-refractivity contribution is 5.52. The van der Waals surface area contributed by atoms with E-state index in [1.807, 2.05) is 12.4 Å². The van der Waals surface area contributed by atoms with E-state index in [0.717, 1.165) is 39.1 Å². The zero-order valence-electron chi connectivity index (χ0n) is 13.9. The van der Waals surface area contributed by atoms with E-state index >= 15 is 0 Å². The molecule has 2 heterocycles. The van der Waals surface area contributed by atoms with E-state index in [1.165, 1.54) is 11.3 Å². The highest BCUT2D eigenvalue weighted by Crippen LogP contribution is 2.24. The van der Waals surface area contributed by atoms with E-state index in [0.29, 0.717) is 6.10 Å². The molecule has 1 aliphatic rings. The van der Waals surface area contributed by atoms with Gasteiger partial charge >= 0.3 is 0 Å². The number of nitrogens with one attached hydrogen (secondary N) is 1. The van der Waals surface area contributed by atoms with Gasteiger partial charge in [-0.2, -0.15) is 0 Å². The Balaban J connectivity index is 2.00. The SMILES string of the molecule is CCOC1CCN(c2cnccc2CNC(C)(C)C)CC1. The normalized spacial score (nSPS) is 17.2. The molecule has 4 nitrogen and oxygen atoms in total. The predicted octanol–water partition coefficient (Wildman–Crippen LogP) is 2.98. The summed E-state index contributed by atoms with van der Waals surface area (Å²) in [4.78, 5) is 6.77. The van der Waals surface area contributed by atoms with Gasteiger partial charge in [-0.25, -0.2) is 0 Å². The number of hydrogen-bond donors (Lipinski definition) is 1. The van der Waals surface area contributed by atoms with Crippen molar-refractivity contribution in [3.63, 3.8) is 0 Å². The first-order chi connectivity index (χ1) is 9.99. The van der Waals surface area contributed by atoms with Crippen molar-refractivity contribution in [1.29, 1.82) is 0 Å². The summed E-state index contributed by atoms with van der Waals surface area (Å²) >= 11 is 0. The molecule has 1 aliphatic heterocycles. The number of nitrogens with zero attached hydrogens (tertiary/aromatic N) is 2. The average Bonchev–Trinajstić information content (AvgIpc) is 2.46. The molecule has 1 aromatic rings. The maximum Gasteiger partial charge on any atom is 0.0608 e. The number of hydrogen-bond acceptors (Lipinski definition) is 4. The molecule has 1 aromatic heterocycles. The van der Waals surface area contributed by atoms with Crippen molar-refractivity contribution in [1.82, 2.24) is 10.3 Å². The largest absolute Gasteiger partial charge is 0.378 e. The fourth-order valence-corrected chi connectivity index (χ4v) is 2.71. The van der Waals surface area contributed by atoms with Crippen molar-refractivity contribution >= 4 is 5.69 Å². The summed E-state index contributed by atoms with van der Waals surface area (Å²) < 4.78 is 5.73. The molecule has 118 valence electrons. The third kappa shape index (κ3) is 4.97. The van der Waals surface area contributed by atoms with Gasteiger partial charge in [0.2, 0.25) is 0 Å². The Kier molecular flexibility index (Phi) is 5.59. The van der Waals surface area contributed by atoms with Gasteiger partial charge in [0, 0.05) is 38.0 Å². The summed E-state index contributed by atoms with van der Waals surface area (Å²) in [5, 5.41) is 3.57. The summed E-state index contributed by atoms with van der Waals surface area (Å²) in [5.74, 6) is 0. The molecule has 0 aromatic carbocycles. The number of aromatic nitrogens is 1. The van der Waals surface area contributed by atoms with Crippen LogP contribution >= 0.6 is 0 Å². The molecule has 2 rings (SSSR count). The van der Waals surface area contributed by atoms with Crippen LogP contribution in [0.25, 0.3) is 0 Å². The van der Waals surface area contributed by atoms with Crippen molar-refractivity contribution in [2.75, 3.05) is 24.6 Å². The van der Waals surface area contributed by atoms with Crippen LogP contribution < -0.4 is 10.2 Å². The molecule has 21 heavy (non-hydrogen) atoms. The second-order valence-electron chi connectivity index (χ2n) is 6.75. The minimum atomic E-state index is 0.127. The first kappa shape index (κ1) is 16.2. The van der Waals surface area contributed by atoms with Crippen molar-refractivity contribution in [2.24, 2.45) is 0 Å². The first-order valence-electron chi connectivity index (χ1n) is 8.04. The number of pyridine rings is 1. The van der Waals surface area contributed by atoms with E-state index in [2.05, 4.69) is 49.0 Å². The molecule has 0 amide bonds. The van der Waals surface area contributed by atoms with Crippen molar-refractivity contribution in [2.45, 2.75) is 58.7 Å². The van der Waals surface area contributed by atoms with Crippen molar-refractivity contribution in [3.05, 3.63) is 24.0 Å². The van der Waals surface area contributed by atoms with E-state index in [9.17, 15) is 0 Å². The van der Waals surface area contributed by atoms with E-state index in [4.69, 9.17) is 4.74 Å². The molecular weight excluding hydrogens is 262 g/mol. The molecular formula is C17H29N3O. The lowest BCUT2D eigenvalue weighted by Crippen LogP contribution is -2.39. The van der Waals surface area contributed by atoms with Crippen molar-refractivity contribution < 1.29 is 4.74 Å². The van der Waals surface area contributed by atoms with Crippen LogP contribution in [0.5, 0.6) is 0 Å². The molecule has 0 bridgehead atoms. The molecule has 0 radical (unpaired) electrons. The van der Waals surface area contributed by atoms with Gasteiger partial charge in [-0.15, -0.1) is 0 Å². The quantitative estimate of drug-likeness (QED) is 0.905. The molecule has 0 aliphatic carbocycles. The van der Waals surface area contributed by atoms with Gasteiger partial charge in [0.1, 0.15) is 0 Å². The molecule has 0 spiro atoms. The molecule has 1 fully saturated rings. The van der Waals surface area contributed by atoms with E-state index in [-0.39, 0.29) is 5.54 Å².